The minimum Gasteiger partial charge on any atom is -0.481 e. The van der Waals surface area contributed by atoms with Gasteiger partial charge in [0.15, 0.2) is 0 Å². The molecule has 4 unspecified atom stereocenters. The molecule has 0 spiro atoms. The van der Waals surface area contributed by atoms with E-state index in [0.29, 0.717) is 0 Å². The van der Waals surface area contributed by atoms with Crippen LogP contribution in [0.2, 0.25) is 0 Å². The van der Waals surface area contributed by atoms with Crippen molar-refractivity contribution in [1.29, 1.82) is 0 Å². The maximum absolute atomic E-state index is 13.1. The molecule has 1 aromatic heterocycles. The minimum atomic E-state index is -1.46. The second kappa shape index (κ2) is 12.8. The summed E-state index contributed by atoms with van der Waals surface area (Å²) < 4.78 is 0. The highest BCUT2D eigenvalue weighted by molar-refractivity contribution is 7.80. The van der Waals surface area contributed by atoms with E-state index in [9.17, 15) is 29.1 Å². The van der Waals surface area contributed by atoms with Crippen LogP contribution in [0.15, 0.2) is 30.5 Å². The molecule has 0 aliphatic carbocycles. The fourth-order valence-corrected chi connectivity index (χ4v) is 3.55. The molecule has 190 valence electrons. The summed E-state index contributed by atoms with van der Waals surface area (Å²) in [4.78, 5) is 63.2. The molecule has 0 radical (unpaired) electrons. The van der Waals surface area contributed by atoms with Crippen LogP contribution < -0.4 is 21.7 Å². The molecular weight excluding hydrogens is 478 g/mol. The van der Waals surface area contributed by atoms with E-state index in [4.69, 9.17) is 10.8 Å². The first-order valence-corrected chi connectivity index (χ1v) is 11.4. The van der Waals surface area contributed by atoms with Crippen LogP contribution in [0.5, 0.6) is 0 Å². The Balaban J connectivity index is 2.17. The average molecular weight is 508 g/mol. The van der Waals surface area contributed by atoms with Crippen LogP contribution in [-0.2, 0) is 30.4 Å². The smallest absolute Gasteiger partial charge is 0.326 e. The van der Waals surface area contributed by atoms with Crippen molar-refractivity contribution in [2.24, 2.45) is 5.73 Å². The number of carbonyl (C=O) groups excluding carboxylic acids is 3. The third-order valence-corrected chi connectivity index (χ3v) is 5.59. The summed E-state index contributed by atoms with van der Waals surface area (Å²) >= 11 is 4.07. The highest BCUT2D eigenvalue weighted by Crippen LogP contribution is 2.19. The number of hydrogen-bond acceptors (Lipinski definition) is 7. The van der Waals surface area contributed by atoms with E-state index >= 15 is 0 Å². The van der Waals surface area contributed by atoms with Crippen LogP contribution in [0.4, 0.5) is 0 Å². The number of nitrogens with two attached hydrogens (primary N) is 1. The van der Waals surface area contributed by atoms with Crippen molar-refractivity contribution in [3.63, 3.8) is 0 Å². The highest BCUT2D eigenvalue weighted by Gasteiger charge is 2.30. The number of para-hydroxylation sites is 1. The van der Waals surface area contributed by atoms with Crippen LogP contribution >= 0.6 is 12.6 Å². The second-order valence-electron chi connectivity index (χ2n) is 7.99. The Morgan fingerprint density at radius 3 is 2.17 bits per heavy atom. The summed E-state index contributed by atoms with van der Waals surface area (Å²) in [5, 5.41) is 26.2. The number of thiol groups is 1. The van der Waals surface area contributed by atoms with Crippen molar-refractivity contribution in [3.8, 4) is 0 Å². The van der Waals surface area contributed by atoms with E-state index in [1.165, 1.54) is 6.92 Å². The zero-order valence-electron chi connectivity index (χ0n) is 19.0. The summed E-state index contributed by atoms with van der Waals surface area (Å²) in [5.74, 6) is -4.92. The maximum Gasteiger partial charge on any atom is 0.326 e. The number of hydrogen-bond donors (Lipinski definition) is 8. The lowest BCUT2D eigenvalue weighted by molar-refractivity contribution is -0.143. The molecule has 4 atom stereocenters. The summed E-state index contributed by atoms with van der Waals surface area (Å²) in [6.45, 7) is 1.46. The molecule has 3 amide bonds. The molecular formula is C22H29N5O7S. The normalized spacial score (nSPS) is 14.4. The number of benzene rings is 1. The van der Waals surface area contributed by atoms with Gasteiger partial charge < -0.3 is 36.9 Å². The van der Waals surface area contributed by atoms with Gasteiger partial charge in [-0.25, -0.2) is 4.79 Å². The van der Waals surface area contributed by atoms with Crippen LogP contribution in [0.1, 0.15) is 25.3 Å². The summed E-state index contributed by atoms with van der Waals surface area (Å²) in [7, 11) is 0. The van der Waals surface area contributed by atoms with Gasteiger partial charge in [-0.1, -0.05) is 18.2 Å². The lowest BCUT2D eigenvalue weighted by Gasteiger charge is -2.24. The van der Waals surface area contributed by atoms with Gasteiger partial charge in [0.25, 0.3) is 0 Å². The van der Waals surface area contributed by atoms with Crippen molar-refractivity contribution >= 4 is 53.2 Å². The SMILES string of the molecule is CC(N)C(=O)NC(Cc1c[nH]c2ccccc12)C(=O)NC(CS)C(=O)NC(CCC(=O)O)C(=O)O. The van der Waals surface area contributed by atoms with E-state index in [1.807, 2.05) is 24.3 Å². The Labute approximate surface area is 206 Å². The van der Waals surface area contributed by atoms with Crippen LogP contribution in [0.3, 0.4) is 0 Å². The molecule has 35 heavy (non-hydrogen) atoms. The molecule has 0 bridgehead atoms. The lowest BCUT2D eigenvalue weighted by Crippen LogP contribution is -2.58. The average Bonchev–Trinajstić information content (AvgIpc) is 3.21. The molecule has 1 heterocycles. The first-order valence-electron chi connectivity index (χ1n) is 10.8. The monoisotopic (exact) mass is 507 g/mol. The number of carboxylic acids is 2. The fraction of sp³-hybridized carbons (Fsp3) is 0.409. The number of fused-ring (bicyclic) bond motifs is 1. The van der Waals surface area contributed by atoms with Gasteiger partial charge in [0.2, 0.25) is 17.7 Å². The van der Waals surface area contributed by atoms with Crippen molar-refractivity contribution in [2.75, 3.05) is 5.75 Å². The zero-order valence-corrected chi connectivity index (χ0v) is 19.9. The molecule has 8 N–H and O–H groups in total. The molecule has 0 saturated carbocycles. The number of H-pyrrole nitrogens is 1. The number of nitrogens with one attached hydrogen (secondary N) is 4. The van der Waals surface area contributed by atoms with Crippen molar-refractivity contribution in [1.82, 2.24) is 20.9 Å². The Bertz CT molecular complexity index is 1090. The number of carboxylic acid groups (broad SMARTS) is 2. The molecule has 0 aliphatic heterocycles. The standard InChI is InChI=1S/C22H29N5O7S/c1-11(23)19(30)26-16(8-12-9-24-14-5-3-2-4-13(12)14)20(31)27-17(10-35)21(32)25-15(22(33)34)6-7-18(28)29/h2-5,9,11,15-17,24,35H,6-8,10,23H2,1H3,(H,25,32)(H,26,30)(H,27,31)(H,28,29)(H,33,34). The predicted molar refractivity (Wildman–Crippen MR) is 130 cm³/mol. The van der Waals surface area contributed by atoms with Crippen LogP contribution in [-0.4, -0.2) is 74.8 Å². The van der Waals surface area contributed by atoms with Gasteiger partial charge in [-0.05, 0) is 25.0 Å². The molecule has 0 saturated heterocycles. The largest absolute Gasteiger partial charge is 0.481 e. The van der Waals surface area contributed by atoms with Gasteiger partial charge in [0.1, 0.15) is 18.1 Å². The van der Waals surface area contributed by atoms with Gasteiger partial charge in [0.05, 0.1) is 6.04 Å². The predicted octanol–water partition coefficient (Wildman–Crippen LogP) is -0.609. The first kappa shape index (κ1) is 27.7. The Morgan fingerprint density at radius 2 is 1.57 bits per heavy atom. The van der Waals surface area contributed by atoms with Crippen molar-refractivity contribution in [3.05, 3.63) is 36.0 Å². The number of aromatic nitrogens is 1. The lowest BCUT2D eigenvalue weighted by atomic mass is 10.0. The Hall–Kier alpha value is -3.58. The molecule has 1 aromatic carbocycles. The summed E-state index contributed by atoms with van der Waals surface area (Å²) in [6.07, 6.45) is 1.000. The van der Waals surface area contributed by atoms with E-state index < -0.39 is 60.2 Å². The minimum absolute atomic E-state index is 0.0889. The third-order valence-electron chi connectivity index (χ3n) is 5.22. The van der Waals surface area contributed by atoms with Gasteiger partial charge in [-0.15, -0.1) is 0 Å². The molecule has 0 aliphatic rings. The number of rotatable bonds is 13. The first-order chi connectivity index (χ1) is 16.5. The van der Waals surface area contributed by atoms with Gasteiger partial charge >= 0.3 is 11.9 Å². The summed E-state index contributed by atoms with van der Waals surface area (Å²) in [5.41, 5.74) is 7.22. The number of carbonyl (C=O) groups is 5. The topological polar surface area (TPSA) is 204 Å². The second-order valence-corrected chi connectivity index (χ2v) is 8.35. The van der Waals surface area contributed by atoms with Crippen molar-refractivity contribution < 1.29 is 34.2 Å². The number of aliphatic carboxylic acids is 2. The van der Waals surface area contributed by atoms with E-state index in [-0.39, 0.29) is 18.6 Å². The molecule has 2 rings (SSSR count). The van der Waals surface area contributed by atoms with E-state index in [2.05, 4.69) is 33.6 Å². The number of aromatic amines is 1. The number of amides is 3. The molecule has 12 nitrogen and oxygen atoms in total. The van der Waals surface area contributed by atoms with Gasteiger partial charge in [-0.3, -0.25) is 19.2 Å². The summed E-state index contributed by atoms with van der Waals surface area (Å²) in [6, 6.07) is 2.72. The third kappa shape index (κ3) is 8.00. The highest BCUT2D eigenvalue weighted by atomic mass is 32.1. The van der Waals surface area contributed by atoms with Gasteiger partial charge in [-0.2, -0.15) is 12.6 Å². The zero-order chi connectivity index (χ0) is 26.1. The Morgan fingerprint density at radius 1 is 0.971 bits per heavy atom. The maximum atomic E-state index is 13.1. The molecule has 2 aromatic rings. The van der Waals surface area contributed by atoms with Crippen LogP contribution in [0.25, 0.3) is 10.9 Å². The van der Waals surface area contributed by atoms with Crippen LogP contribution in [0, 0.1) is 0 Å². The molecule has 13 heteroatoms. The fourth-order valence-electron chi connectivity index (χ4n) is 3.30. The van der Waals surface area contributed by atoms with Gasteiger partial charge in [0, 0.05) is 35.7 Å². The Kier molecular flexibility index (Phi) is 10.1. The van der Waals surface area contributed by atoms with Crippen molar-refractivity contribution in [2.45, 2.75) is 50.4 Å². The van der Waals surface area contributed by atoms with E-state index in [0.717, 1.165) is 16.5 Å². The van der Waals surface area contributed by atoms with E-state index in [1.54, 1.807) is 6.20 Å². The quantitative estimate of drug-likeness (QED) is 0.164. The molecule has 0 fully saturated rings.